The number of aromatic nitrogens is 2. The third-order valence-electron chi connectivity index (χ3n) is 5.15. The number of halogens is 2. The van der Waals surface area contributed by atoms with Crippen LogP contribution in [0.3, 0.4) is 0 Å². The molecule has 1 heterocycles. The number of hydrogen-bond donors (Lipinski definition) is 0. The average molecular weight is 501 g/mol. The Labute approximate surface area is 204 Å². The second kappa shape index (κ2) is 11.0. The molecular weight excluding hydrogens is 478 g/mol. The second-order valence-electron chi connectivity index (χ2n) is 6.84. The molecular formula is C24H22Cl2N2Zr. The molecule has 1 aromatic heterocycles. The van der Waals surface area contributed by atoms with Crippen LogP contribution < -0.4 is 24.8 Å². The zero-order valence-electron chi connectivity index (χ0n) is 16.7. The number of benzene rings is 2. The van der Waals surface area contributed by atoms with Crippen LogP contribution in [0, 0.1) is 6.08 Å². The number of para-hydroxylation sites is 1. The molecule has 0 N–H and O–H groups in total. The van der Waals surface area contributed by atoms with Crippen molar-refractivity contribution in [3.8, 4) is 5.69 Å². The third-order valence-corrected chi connectivity index (χ3v) is 5.15. The van der Waals surface area contributed by atoms with Crippen LogP contribution in [-0.4, -0.2) is 9.78 Å². The van der Waals surface area contributed by atoms with Crippen LogP contribution in [0.4, 0.5) is 0 Å². The largest absolute Gasteiger partial charge is 4.00 e. The summed E-state index contributed by atoms with van der Waals surface area (Å²) in [6, 6.07) is 21.0. The van der Waals surface area contributed by atoms with E-state index in [1.54, 1.807) is 0 Å². The van der Waals surface area contributed by atoms with Crippen LogP contribution in [0.25, 0.3) is 27.4 Å². The van der Waals surface area contributed by atoms with Crippen LogP contribution >= 0.6 is 0 Å². The van der Waals surface area contributed by atoms with Crippen molar-refractivity contribution in [2.24, 2.45) is 0 Å². The minimum absolute atomic E-state index is 0. The molecule has 0 radical (unpaired) electrons. The maximum Gasteiger partial charge on any atom is 4.00 e. The van der Waals surface area contributed by atoms with Crippen molar-refractivity contribution in [1.82, 2.24) is 9.78 Å². The van der Waals surface area contributed by atoms with E-state index in [9.17, 15) is 0 Å². The summed E-state index contributed by atoms with van der Waals surface area (Å²) in [6.45, 7) is 6.44. The normalized spacial score (nSPS) is 12.4. The Hall–Kier alpha value is -1.54. The van der Waals surface area contributed by atoms with Crippen molar-refractivity contribution in [3.05, 3.63) is 89.7 Å². The van der Waals surface area contributed by atoms with Gasteiger partial charge in [-0.25, -0.2) is 5.57 Å². The first kappa shape index (κ1) is 25.5. The fourth-order valence-corrected chi connectivity index (χ4v) is 3.28. The maximum absolute atomic E-state index is 4.48. The van der Waals surface area contributed by atoms with Crippen molar-refractivity contribution in [3.63, 3.8) is 0 Å². The van der Waals surface area contributed by atoms with Crippen molar-refractivity contribution in [2.45, 2.75) is 27.2 Å². The fourth-order valence-electron chi connectivity index (χ4n) is 3.28. The van der Waals surface area contributed by atoms with Gasteiger partial charge < -0.3 is 24.8 Å². The Morgan fingerprint density at radius 2 is 1.59 bits per heavy atom. The van der Waals surface area contributed by atoms with E-state index in [0.717, 1.165) is 17.6 Å². The summed E-state index contributed by atoms with van der Waals surface area (Å²) < 4.78 is 2.00. The summed E-state index contributed by atoms with van der Waals surface area (Å²) in [6.07, 6.45) is 6.22. The van der Waals surface area contributed by atoms with E-state index >= 15 is 0 Å². The predicted molar refractivity (Wildman–Crippen MR) is 110 cm³/mol. The molecule has 0 aliphatic heterocycles. The predicted octanol–water partition coefficient (Wildman–Crippen LogP) is 0.379. The Balaban J connectivity index is 0.000000332. The van der Waals surface area contributed by atoms with Crippen molar-refractivity contribution < 1.29 is 51.0 Å². The van der Waals surface area contributed by atoms with Crippen LogP contribution in [0.15, 0.2) is 83.6 Å². The topological polar surface area (TPSA) is 17.8 Å². The van der Waals surface area contributed by atoms with E-state index in [1.165, 1.54) is 32.9 Å². The average Bonchev–Trinajstić information content (AvgIpc) is 3.35. The van der Waals surface area contributed by atoms with Gasteiger partial charge in [-0.1, -0.05) is 38.1 Å². The Bertz CT molecular complexity index is 1110. The van der Waals surface area contributed by atoms with E-state index in [1.807, 2.05) is 23.0 Å². The molecule has 0 bridgehead atoms. The Morgan fingerprint density at radius 3 is 2.17 bits per heavy atom. The van der Waals surface area contributed by atoms with Crippen LogP contribution in [0.2, 0.25) is 0 Å². The number of rotatable bonds is 1. The number of allylic oxidation sites excluding steroid dienone is 4. The first-order valence-corrected chi connectivity index (χ1v) is 8.96. The van der Waals surface area contributed by atoms with Gasteiger partial charge in [0.25, 0.3) is 0 Å². The number of hydrogen-bond acceptors (Lipinski definition) is 1. The van der Waals surface area contributed by atoms with E-state index in [-0.39, 0.29) is 51.0 Å². The molecule has 3 aromatic carbocycles. The van der Waals surface area contributed by atoms with Crippen molar-refractivity contribution in [2.75, 3.05) is 0 Å². The van der Waals surface area contributed by atoms with E-state index in [0.29, 0.717) is 0 Å². The third kappa shape index (κ3) is 5.34. The SMILES string of the molecule is CC1=[C-]CC(C)=C1C.[Cl-].[Cl-].[Zr+4].c1ccc2[cH-]c(-n3ncc4ccccc43)cc2c1. The summed E-state index contributed by atoms with van der Waals surface area (Å²) >= 11 is 0. The van der Waals surface area contributed by atoms with Crippen LogP contribution in [0.5, 0.6) is 0 Å². The van der Waals surface area contributed by atoms with Gasteiger partial charge in [0.15, 0.2) is 0 Å². The van der Waals surface area contributed by atoms with Gasteiger partial charge in [0.05, 0.1) is 11.7 Å². The summed E-state index contributed by atoms with van der Waals surface area (Å²) in [7, 11) is 0. The molecule has 0 amide bonds. The van der Waals surface area contributed by atoms with Crippen LogP contribution in [0.1, 0.15) is 27.2 Å². The molecule has 5 rings (SSSR count). The van der Waals surface area contributed by atoms with Crippen molar-refractivity contribution in [1.29, 1.82) is 0 Å². The Kier molecular flexibility index (Phi) is 9.69. The quantitative estimate of drug-likeness (QED) is 0.346. The summed E-state index contributed by atoms with van der Waals surface area (Å²) in [5, 5.41) is 8.16. The van der Waals surface area contributed by atoms with Gasteiger partial charge in [0.1, 0.15) is 0 Å². The molecule has 0 saturated carbocycles. The monoisotopic (exact) mass is 498 g/mol. The zero-order chi connectivity index (χ0) is 18.1. The second-order valence-corrected chi connectivity index (χ2v) is 6.84. The van der Waals surface area contributed by atoms with Gasteiger partial charge >= 0.3 is 26.2 Å². The Morgan fingerprint density at radius 1 is 0.931 bits per heavy atom. The molecule has 29 heavy (non-hydrogen) atoms. The minimum atomic E-state index is 0. The van der Waals surface area contributed by atoms with Gasteiger partial charge in [0, 0.05) is 5.39 Å². The molecule has 0 saturated heterocycles. The molecule has 0 unspecified atom stereocenters. The van der Waals surface area contributed by atoms with Gasteiger partial charge in [-0.2, -0.15) is 16.2 Å². The minimum Gasteiger partial charge on any atom is -1.00 e. The fraction of sp³-hybridized carbons (Fsp3) is 0.167. The molecule has 0 fully saturated rings. The summed E-state index contributed by atoms with van der Waals surface area (Å²) in [4.78, 5) is 0. The van der Waals surface area contributed by atoms with Crippen molar-refractivity contribution >= 4 is 21.7 Å². The number of nitrogens with zero attached hydrogens (tertiary/aromatic N) is 2. The summed E-state index contributed by atoms with van der Waals surface area (Å²) in [5.74, 6) is 0. The van der Waals surface area contributed by atoms with E-state index in [2.05, 4.69) is 80.5 Å². The molecule has 4 aromatic rings. The first-order chi connectivity index (χ1) is 12.6. The molecule has 1 aliphatic rings. The van der Waals surface area contributed by atoms with Gasteiger partial charge in [0.2, 0.25) is 0 Å². The smallest absolute Gasteiger partial charge is 1.00 e. The zero-order valence-corrected chi connectivity index (χ0v) is 20.7. The molecule has 0 spiro atoms. The van der Waals surface area contributed by atoms with Crippen LogP contribution in [-0.2, 0) is 26.2 Å². The standard InChI is InChI=1S/C16H11N2.C8H11.2ClH.Zr/c1-2-6-13-10-15(9-12(13)5-1)18-16-8-4-3-7-14(16)11-17-18;1-6-4-5-7(2)8(6)3;;;/h1-11H;4H2,1-3H3;2*1H;/q2*-1;;;+4/p-2. The number of fused-ring (bicyclic) bond motifs is 2. The van der Waals surface area contributed by atoms with Gasteiger partial charge in [-0.3, -0.25) is 10.8 Å². The molecule has 146 valence electrons. The summed E-state index contributed by atoms with van der Waals surface area (Å²) in [5.41, 5.74) is 6.51. The maximum atomic E-state index is 4.48. The van der Waals surface area contributed by atoms with Gasteiger partial charge in [-0.15, -0.1) is 54.4 Å². The molecule has 0 atom stereocenters. The molecule has 1 aliphatic carbocycles. The van der Waals surface area contributed by atoms with E-state index < -0.39 is 0 Å². The van der Waals surface area contributed by atoms with Gasteiger partial charge in [-0.05, 0) is 11.8 Å². The van der Waals surface area contributed by atoms with E-state index in [4.69, 9.17) is 0 Å². The first-order valence-electron chi connectivity index (χ1n) is 8.96. The molecule has 5 heteroatoms. The molecule has 2 nitrogen and oxygen atoms in total.